The molecule has 1 aromatic carbocycles. The second-order valence-electron chi connectivity index (χ2n) is 2.76. The Morgan fingerprint density at radius 3 is 2.77 bits per heavy atom. The highest BCUT2D eigenvalue weighted by molar-refractivity contribution is 9.10. The zero-order chi connectivity index (χ0) is 9.84. The van der Waals surface area contributed by atoms with Crippen molar-refractivity contribution in [3.63, 3.8) is 0 Å². The summed E-state index contributed by atoms with van der Waals surface area (Å²) in [7, 11) is 0. The van der Waals surface area contributed by atoms with Gasteiger partial charge in [0.1, 0.15) is 0 Å². The predicted molar refractivity (Wildman–Crippen MR) is 57.8 cm³/mol. The van der Waals surface area contributed by atoms with Crippen LogP contribution in [0, 0.1) is 0 Å². The second-order valence-corrected chi connectivity index (χ2v) is 4.05. The van der Waals surface area contributed by atoms with Gasteiger partial charge in [0.25, 0.3) is 0 Å². The van der Waals surface area contributed by atoms with Gasteiger partial charge in [-0.3, -0.25) is 0 Å². The summed E-state index contributed by atoms with van der Waals surface area (Å²) in [4.78, 5) is 0. The maximum Gasteiger partial charge on any atom is 0.0813 e. The van der Waals surface area contributed by atoms with E-state index in [2.05, 4.69) is 15.9 Å². The van der Waals surface area contributed by atoms with Crippen LogP contribution in [0.15, 0.2) is 22.7 Å². The molecule has 0 saturated heterocycles. The van der Waals surface area contributed by atoms with Crippen LogP contribution in [-0.4, -0.2) is 11.7 Å². The Balaban J connectivity index is 2.88. The molecule has 0 aliphatic heterocycles. The highest BCUT2D eigenvalue weighted by atomic mass is 79.9. The molecule has 1 atom stereocenters. The number of aliphatic hydroxyl groups excluding tert-OH is 1. The Bertz CT molecular complexity index is 293. The third-order valence-electron chi connectivity index (χ3n) is 1.76. The van der Waals surface area contributed by atoms with Crippen LogP contribution in [0.5, 0.6) is 0 Å². The predicted octanol–water partition coefficient (Wildman–Crippen LogP) is 2.48. The summed E-state index contributed by atoms with van der Waals surface area (Å²) >= 11 is 9.09. The van der Waals surface area contributed by atoms with Crippen LogP contribution in [0.4, 0.5) is 0 Å². The molecule has 0 aromatic heterocycles. The Labute approximate surface area is 90.8 Å². The highest BCUT2D eigenvalue weighted by Gasteiger charge is 2.09. The molecule has 0 radical (unpaired) electrons. The maximum atomic E-state index is 9.64. The Hall–Kier alpha value is -0.0900. The molecule has 72 valence electrons. The van der Waals surface area contributed by atoms with Gasteiger partial charge in [0.15, 0.2) is 0 Å². The lowest BCUT2D eigenvalue weighted by Crippen LogP contribution is -2.07. The number of rotatable bonds is 3. The zero-order valence-corrected chi connectivity index (χ0v) is 9.35. The van der Waals surface area contributed by atoms with Crippen molar-refractivity contribution in [1.29, 1.82) is 0 Å². The van der Waals surface area contributed by atoms with Gasteiger partial charge in [-0.1, -0.05) is 33.6 Å². The standard InChI is InChI=1S/C9H11BrClNO/c10-8-5-6(11)1-2-7(8)9(13)3-4-12/h1-2,5,9,13H,3-4,12H2. The topological polar surface area (TPSA) is 46.2 Å². The molecule has 13 heavy (non-hydrogen) atoms. The van der Waals surface area contributed by atoms with Crippen LogP contribution >= 0.6 is 27.5 Å². The quantitative estimate of drug-likeness (QED) is 0.881. The fraction of sp³-hybridized carbons (Fsp3) is 0.333. The highest BCUT2D eigenvalue weighted by Crippen LogP contribution is 2.27. The third kappa shape index (κ3) is 2.95. The zero-order valence-electron chi connectivity index (χ0n) is 7.00. The van der Waals surface area contributed by atoms with E-state index in [1.807, 2.05) is 0 Å². The minimum Gasteiger partial charge on any atom is -0.388 e. The normalized spacial score (nSPS) is 12.9. The van der Waals surface area contributed by atoms with Crippen LogP contribution < -0.4 is 5.73 Å². The van der Waals surface area contributed by atoms with Crippen molar-refractivity contribution in [2.24, 2.45) is 5.73 Å². The van der Waals surface area contributed by atoms with Gasteiger partial charge >= 0.3 is 0 Å². The molecular weight excluding hydrogens is 253 g/mol. The van der Waals surface area contributed by atoms with Gasteiger partial charge in [-0.05, 0) is 30.7 Å². The fourth-order valence-electron chi connectivity index (χ4n) is 1.09. The SMILES string of the molecule is NCCC(O)c1ccc(Cl)cc1Br. The first-order valence-electron chi connectivity index (χ1n) is 3.98. The maximum absolute atomic E-state index is 9.64. The fourth-order valence-corrected chi connectivity index (χ4v) is 2.03. The number of hydrogen-bond donors (Lipinski definition) is 2. The van der Waals surface area contributed by atoms with Gasteiger partial charge in [0, 0.05) is 9.50 Å². The minimum atomic E-state index is -0.517. The number of aliphatic hydroxyl groups is 1. The van der Waals surface area contributed by atoms with Crippen molar-refractivity contribution in [2.75, 3.05) is 6.54 Å². The molecule has 0 amide bonds. The van der Waals surface area contributed by atoms with Crippen LogP contribution in [0.3, 0.4) is 0 Å². The first-order valence-corrected chi connectivity index (χ1v) is 5.15. The van der Waals surface area contributed by atoms with E-state index in [0.29, 0.717) is 18.0 Å². The summed E-state index contributed by atoms with van der Waals surface area (Å²) < 4.78 is 0.820. The van der Waals surface area contributed by atoms with Crippen molar-refractivity contribution in [1.82, 2.24) is 0 Å². The third-order valence-corrected chi connectivity index (χ3v) is 2.68. The van der Waals surface area contributed by atoms with E-state index < -0.39 is 6.10 Å². The number of halogens is 2. The first kappa shape index (κ1) is 11.0. The van der Waals surface area contributed by atoms with E-state index in [4.69, 9.17) is 17.3 Å². The van der Waals surface area contributed by atoms with Gasteiger partial charge in [0.2, 0.25) is 0 Å². The Morgan fingerprint density at radius 2 is 2.23 bits per heavy atom. The average Bonchev–Trinajstić information content (AvgIpc) is 2.04. The van der Waals surface area contributed by atoms with E-state index in [-0.39, 0.29) is 0 Å². The molecule has 1 unspecified atom stereocenters. The van der Waals surface area contributed by atoms with Gasteiger partial charge in [-0.25, -0.2) is 0 Å². The van der Waals surface area contributed by atoms with Crippen molar-refractivity contribution in [3.8, 4) is 0 Å². The van der Waals surface area contributed by atoms with Gasteiger partial charge in [-0.2, -0.15) is 0 Å². The smallest absolute Gasteiger partial charge is 0.0813 e. The van der Waals surface area contributed by atoms with E-state index >= 15 is 0 Å². The lowest BCUT2D eigenvalue weighted by Gasteiger charge is -2.11. The van der Waals surface area contributed by atoms with E-state index in [1.165, 1.54) is 0 Å². The molecule has 2 nitrogen and oxygen atoms in total. The van der Waals surface area contributed by atoms with Gasteiger partial charge in [0.05, 0.1) is 6.10 Å². The lowest BCUT2D eigenvalue weighted by molar-refractivity contribution is 0.169. The Kier molecular flexibility index (Phi) is 4.19. The van der Waals surface area contributed by atoms with E-state index in [9.17, 15) is 5.11 Å². The van der Waals surface area contributed by atoms with Crippen molar-refractivity contribution in [2.45, 2.75) is 12.5 Å². The summed E-state index contributed by atoms with van der Waals surface area (Å²) in [6, 6.07) is 5.31. The molecule has 0 saturated carbocycles. The summed E-state index contributed by atoms with van der Waals surface area (Å²) in [5.74, 6) is 0. The van der Waals surface area contributed by atoms with E-state index in [1.54, 1.807) is 18.2 Å². The molecule has 0 bridgehead atoms. The van der Waals surface area contributed by atoms with Gasteiger partial charge < -0.3 is 10.8 Å². The van der Waals surface area contributed by atoms with Crippen molar-refractivity contribution < 1.29 is 5.11 Å². The van der Waals surface area contributed by atoms with Crippen LogP contribution in [-0.2, 0) is 0 Å². The number of benzene rings is 1. The van der Waals surface area contributed by atoms with Gasteiger partial charge in [-0.15, -0.1) is 0 Å². The molecule has 1 aromatic rings. The molecule has 0 heterocycles. The summed E-state index contributed by atoms with van der Waals surface area (Å²) in [5.41, 5.74) is 6.17. The Morgan fingerprint density at radius 1 is 1.54 bits per heavy atom. The monoisotopic (exact) mass is 263 g/mol. The first-order chi connectivity index (χ1) is 6.15. The molecule has 0 fully saturated rings. The molecule has 3 N–H and O–H groups in total. The number of hydrogen-bond acceptors (Lipinski definition) is 2. The molecular formula is C9H11BrClNO. The summed E-state index contributed by atoms with van der Waals surface area (Å²) in [6.45, 7) is 0.468. The van der Waals surface area contributed by atoms with Crippen LogP contribution in [0.25, 0.3) is 0 Å². The molecule has 0 spiro atoms. The lowest BCUT2D eigenvalue weighted by atomic mass is 10.1. The summed E-state index contributed by atoms with van der Waals surface area (Å²) in [6.07, 6.45) is 0.0388. The second kappa shape index (κ2) is 4.96. The minimum absolute atomic E-state index is 0.468. The van der Waals surface area contributed by atoms with E-state index in [0.717, 1.165) is 10.0 Å². The van der Waals surface area contributed by atoms with Crippen molar-refractivity contribution >= 4 is 27.5 Å². The van der Waals surface area contributed by atoms with Crippen LogP contribution in [0.2, 0.25) is 5.02 Å². The largest absolute Gasteiger partial charge is 0.388 e. The summed E-state index contributed by atoms with van der Waals surface area (Å²) in [5, 5.41) is 10.3. The van der Waals surface area contributed by atoms with Crippen molar-refractivity contribution in [3.05, 3.63) is 33.3 Å². The molecule has 0 aliphatic carbocycles. The molecule has 1 rings (SSSR count). The van der Waals surface area contributed by atoms with Crippen LogP contribution in [0.1, 0.15) is 18.1 Å². The number of nitrogens with two attached hydrogens (primary N) is 1. The average molecular weight is 265 g/mol. The molecule has 4 heteroatoms. The molecule has 0 aliphatic rings.